The largest absolute Gasteiger partial charge is 0.271 e. The van der Waals surface area contributed by atoms with Gasteiger partial charge >= 0.3 is 0 Å². The van der Waals surface area contributed by atoms with Crippen molar-refractivity contribution in [2.75, 3.05) is 0 Å². The fourth-order valence-electron chi connectivity index (χ4n) is 1.87. The summed E-state index contributed by atoms with van der Waals surface area (Å²) in [5.41, 5.74) is 5.27. The van der Waals surface area contributed by atoms with Gasteiger partial charge in [-0.3, -0.25) is 11.3 Å². The van der Waals surface area contributed by atoms with Crippen molar-refractivity contribution in [1.29, 1.82) is 0 Å². The van der Waals surface area contributed by atoms with Crippen LogP contribution in [0.3, 0.4) is 0 Å². The molecule has 3 heteroatoms. The Morgan fingerprint density at radius 3 is 2.79 bits per heavy atom. The molecule has 3 N–H and O–H groups in total. The Balaban J connectivity index is 2.33. The molecule has 0 amide bonds. The van der Waals surface area contributed by atoms with Crippen molar-refractivity contribution in [1.82, 2.24) is 5.43 Å². The maximum Gasteiger partial charge on any atom is 0.0491 e. The summed E-state index contributed by atoms with van der Waals surface area (Å²) in [5, 5.41) is 0.823. The standard InChI is InChI=1S/C11H15ClN2/c1-7-9(3-2-4-10(7)12)11(14-13)8-5-6-8/h2-4,8,11,14H,5-6,13H2,1H3. The van der Waals surface area contributed by atoms with Crippen LogP contribution in [0, 0.1) is 12.8 Å². The zero-order chi connectivity index (χ0) is 10.1. The number of hydrogen-bond donors (Lipinski definition) is 2. The van der Waals surface area contributed by atoms with E-state index in [2.05, 4.69) is 11.5 Å². The first-order chi connectivity index (χ1) is 6.74. The molecule has 14 heavy (non-hydrogen) atoms. The minimum atomic E-state index is 0.272. The van der Waals surface area contributed by atoms with E-state index in [1.54, 1.807) is 0 Å². The van der Waals surface area contributed by atoms with Crippen molar-refractivity contribution in [3.63, 3.8) is 0 Å². The number of nitrogens with one attached hydrogen (secondary N) is 1. The highest BCUT2D eigenvalue weighted by Crippen LogP contribution is 2.42. The number of halogens is 1. The molecular formula is C11H15ClN2. The molecule has 1 aromatic carbocycles. The van der Waals surface area contributed by atoms with E-state index < -0.39 is 0 Å². The summed E-state index contributed by atoms with van der Waals surface area (Å²) in [6.07, 6.45) is 2.53. The summed E-state index contributed by atoms with van der Waals surface area (Å²) in [5.74, 6) is 6.26. The average molecular weight is 211 g/mol. The SMILES string of the molecule is Cc1c(Cl)cccc1C(NN)C1CC1. The Morgan fingerprint density at radius 2 is 2.21 bits per heavy atom. The Hall–Kier alpha value is -0.570. The molecule has 76 valence electrons. The van der Waals surface area contributed by atoms with Crippen LogP contribution in [0.25, 0.3) is 0 Å². The molecule has 1 aliphatic rings. The second-order valence-corrected chi connectivity index (χ2v) is 4.34. The third kappa shape index (κ3) is 1.78. The van der Waals surface area contributed by atoms with Gasteiger partial charge in [0.25, 0.3) is 0 Å². The normalized spacial score (nSPS) is 18.2. The topological polar surface area (TPSA) is 38.0 Å². The molecule has 0 bridgehead atoms. The van der Waals surface area contributed by atoms with Crippen LogP contribution in [0.2, 0.25) is 5.02 Å². The molecular weight excluding hydrogens is 196 g/mol. The number of rotatable bonds is 3. The van der Waals surface area contributed by atoms with Crippen molar-refractivity contribution >= 4 is 11.6 Å². The molecule has 2 nitrogen and oxygen atoms in total. The predicted octanol–water partition coefficient (Wildman–Crippen LogP) is 2.56. The van der Waals surface area contributed by atoms with Crippen LogP contribution >= 0.6 is 11.6 Å². The van der Waals surface area contributed by atoms with Gasteiger partial charge in [-0.15, -0.1) is 0 Å². The van der Waals surface area contributed by atoms with Gasteiger partial charge < -0.3 is 0 Å². The summed E-state index contributed by atoms with van der Waals surface area (Å²) in [6, 6.07) is 6.27. The van der Waals surface area contributed by atoms with Crippen molar-refractivity contribution in [2.24, 2.45) is 11.8 Å². The second kappa shape index (κ2) is 3.89. The predicted molar refractivity (Wildman–Crippen MR) is 59.0 cm³/mol. The van der Waals surface area contributed by atoms with Crippen LogP contribution in [-0.2, 0) is 0 Å². The average Bonchev–Trinajstić information content (AvgIpc) is 2.97. The number of benzene rings is 1. The van der Waals surface area contributed by atoms with Gasteiger partial charge in [-0.05, 0) is 42.9 Å². The lowest BCUT2D eigenvalue weighted by molar-refractivity contribution is 0.494. The van der Waals surface area contributed by atoms with Gasteiger partial charge in [0, 0.05) is 11.1 Å². The summed E-state index contributed by atoms with van der Waals surface area (Å²) < 4.78 is 0. The van der Waals surface area contributed by atoms with Gasteiger partial charge in [-0.25, -0.2) is 0 Å². The molecule has 0 aromatic heterocycles. The molecule has 0 aliphatic heterocycles. The van der Waals surface area contributed by atoms with Gasteiger partial charge in [0.1, 0.15) is 0 Å². The van der Waals surface area contributed by atoms with Crippen molar-refractivity contribution in [3.8, 4) is 0 Å². The van der Waals surface area contributed by atoms with Crippen LogP contribution in [0.5, 0.6) is 0 Å². The molecule has 1 saturated carbocycles. The fourth-order valence-corrected chi connectivity index (χ4v) is 2.05. The maximum absolute atomic E-state index is 6.07. The molecule has 1 aliphatic carbocycles. The van der Waals surface area contributed by atoms with E-state index in [4.69, 9.17) is 17.4 Å². The first kappa shape index (κ1) is 9.97. The van der Waals surface area contributed by atoms with Crippen LogP contribution in [0.15, 0.2) is 18.2 Å². The second-order valence-electron chi connectivity index (χ2n) is 3.94. The summed E-state index contributed by atoms with van der Waals surface area (Å²) in [6.45, 7) is 2.05. The van der Waals surface area contributed by atoms with Crippen molar-refractivity contribution in [3.05, 3.63) is 34.3 Å². The lowest BCUT2D eigenvalue weighted by Crippen LogP contribution is -2.30. The van der Waals surface area contributed by atoms with Gasteiger partial charge in [-0.2, -0.15) is 0 Å². The molecule has 0 radical (unpaired) electrons. The van der Waals surface area contributed by atoms with Gasteiger partial charge in [0.15, 0.2) is 0 Å². The number of hydrazine groups is 1. The van der Waals surface area contributed by atoms with E-state index in [9.17, 15) is 0 Å². The first-order valence-electron chi connectivity index (χ1n) is 4.95. The fraction of sp³-hybridized carbons (Fsp3) is 0.455. The van der Waals surface area contributed by atoms with E-state index in [0.717, 1.165) is 10.6 Å². The molecule has 1 atom stereocenters. The quantitative estimate of drug-likeness (QED) is 0.595. The summed E-state index contributed by atoms with van der Waals surface area (Å²) in [7, 11) is 0. The lowest BCUT2D eigenvalue weighted by atomic mass is 9.98. The molecule has 1 aromatic rings. The number of nitrogens with two attached hydrogens (primary N) is 1. The van der Waals surface area contributed by atoms with Crippen LogP contribution in [0.1, 0.15) is 30.0 Å². The smallest absolute Gasteiger partial charge is 0.0491 e. The molecule has 1 fully saturated rings. The summed E-state index contributed by atoms with van der Waals surface area (Å²) in [4.78, 5) is 0. The van der Waals surface area contributed by atoms with Crippen molar-refractivity contribution in [2.45, 2.75) is 25.8 Å². The Bertz CT molecular complexity index is 334. The Morgan fingerprint density at radius 1 is 1.50 bits per heavy atom. The molecule has 1 unspecified atom stereocenters. The third-order valence-corrected chi connectivity index (χ3v) is 3.33. The lowest BCUT2D eigenvalue weighted by Gasteiger charge is -2.18. The van der Waals surface area contributed by atoms with E-state index >= 15 is 0 Å². The van der Waals surface area contributed by atoms with Crippen LogP contribution < -0.4 is 11.3 Å². The summed E-state index contributed by atoms with van der Waals surface area (Å²) >= 11 is 6.07. The highest BCUT2D eigenvalue weighted by molar-refractivity contribution is 6.31. The zero-order valence-electron chi connectivity index (χ0n) is 8.26. The molecule has 0 heterocycles. The van der Waals surface area contributed by atoms with E-state index in [0.29, 0.717) is 5.92 Å². The van der Waals surface area contributed by atoms with Gasteiger partial charge in [0.05, 0.1) is 0 Å². The molecule has 0 spiro atoms. The van der Waals surface area contributed by atoms with E-state index in [-0.39, 0.29) is 6.04 Å². The van der Waals surface area contributed by atoms with Crippen LogP contribution in [0.4, 0.5) is 0 Å². The minimum absolute atomic E-state index is 0.272. The monoisotopic (exact) mass is 210 g/mol. The Kier molecular flexibility index (Phi) is 2.77. The Labute approximate surface area is 89.4 Å². The zero-order valence-corrected chi connectivity index (χ0v) is 9.01. The number of hydrogen-bond acceptors (Lipinski definition) is 2. The first-order valence-corrected chi connectivity index (χ1v) is 5.33. The van der Waals surface area contributed by atoms with Gasteiger partial charge in [-0.1, -0.05) is 23.7 Å². The molecule has 2 rings (SSSR count). The van der Waals surface area contributed by atoms with E-state index in [1.807, 2.05) is 19.1 Å². The highest BCUT2D eigenvalue weighted by Gasteiger charge is 2.32. The highest BCUT2D eigenvalue weighted by atomic mass is 35.5. The molecule has 0 saturated heterocycles. The van der Waals surface area contributed by atoms with E-state index in [1.165, 1.54) is 18.4 Å². The minimum Gasteiger partial charge on any atom is -0.271 e. The van der Waals surface area contributed by atoms with Crippen molar-refractivity contribution < 1.29 is 0 Å². The van der Waals surface area contributed by atoms with Gasteiger partial charge in [0.2, 0.25) is 0 Å². The van der Waals surface area contributed by atoms with Crippen LogP contribution in [-0.4, -0.2) is 0 Å². The third-order valence-electron chi connectivity index (χ3n) is 2.92. The maximum atomic E-state index is 6.07.